The highest BCUT2D eigenvalue weighted by atomic mass is 16.3. The molecule has 116 valence electrons. The number of hydrogen-bond donors (Lipinski definition) is 1. The Morgan fingerprint density at radius 2 is 1.70 bits per heavy atom. The number of ketones is 1. The first kappa shape index (κ1) is 14.3. The molecule has 1 N–H and O–H groups in total. The van der Waals surface area contributed by atoms with Crippen LogP contribution >= 0.6 is 0 Å². The van der Waals surface area contributed by atoms with Gasteiger partial charge in [0.1, 0.15) is 5.76 Å². The standard InChI is InChI=1S/C21H20O2/c1-13-11-15(14-5-3-2-4-6-14)9-10-18(13)19-20(22)16-7-8-17(12-16)21(19)23/h2-6,9-11,16-17,22H,7-8,12H2,1H3/t16-,17+/m0/s1. The van der Waals surface area contributed by atoms with E-state index >= 15 is 0 Å². The Morgan fingerprint density at radius 1 is 0.957 bits per heavy atom. The third-order valence-corrected chi connectivity index (χ3v) is 5.30. The van der Waals surface area contributed by atoms with E-state index in [1.54, 1.807) is 0 Å². The Hall–Kier alpha value is -2.35. The van der Waals surface area contributed by atoms with Gasteiger partial charge in [-0.2, -0.15) is 0 Å². The van der Waals surface area contributed by atoms with E-state index < -0.39 is 0 Å². The number of aliphatic hydroxyl groups is 1. The van der Waals surface area contributed by atoms with Gasteiger partial charge in [0.15, 0.2) is 5.78 Å². The predicted octanol–water partition coefficient (Wildman–Crippen LogP) is 4.93. The summed E-state index contributed by atoms with van der Waals surface area (Å²) in [4.78, 5) is 12.7. The van der Waals surface area contributed by atoms with Gasteiger partial charge in [-0.1, -0.05) is 48.5 Å². The monoisotopic (exact) mass is 304 g/mol. The fourth-order valence-electron chi connectivity index (χ4n) is 4.03. The van der Waals surface area contributed by atoms with Crippen LogP contribution in [0.4, 0.5) is 0 Å². The lowest BCUT2D eigenvalue weighted by atomic mass is 9.82. The Morgan fingerprint density at radius 3 is 2.43 bits per heavy atom. The van der Waals surface area contributed by atoms with Crippen molar-refractivity contribution in [3.8, 4) is 11.1 Å². The largest absolute Gasteiger partial charge is 0.511 e. The van der Waals surface area contributed by atoms with E-state index in [2.05, 4.69) is 18.2 Å². The molecule has 2 nitrogen and oxygen atoms in total. The number of allylic oxidation sites excluding steroid dienone is 2. The number of aliphatic hydroxyl groups excluding tert-OH is 1. The van der Waals surface area contributed by atoms with Crippen LogP contribution in [-0.2, 0) is 4.79 Å². The lowest BCUT2D eigenvalue weighted by Gasteiger charge is -2.23. The van der Waals surface area contributed by atoms with Gasteiger partial charge in [0.05, 0.1) is 5.57 Å². The molecule has 1 fully saturated rings. The molecule has 23 heavy (non-hydrogen) atoms. The molecule has 0 amide bonds. The minimum atomic E-state index is 0.110. The van der Waals surface area contributed by atoms with E-state index in [0.29, 0.717) is 11.3 Å². The predicted molar refractivity (Wildman–Crippen MR) is 92.0 cm³/mol. The summed E-state index contributed by atoms with van der Waals surface area (Å²) in [5, 5.41) is 10.5. The maximum atomic E-state index is 12.7. The lowest BCUT2D eigenvalue weighted by Crippen LogP contribution is -2.21. The first-order chi connectivity index (χ1) is 11.1. The van der Waals surface area contributed by atoms with Crippen molar-refractivity contribution < 1.29 is 9.90 Å². The zero-order valence-electron chi connectivity index (χ0n) is 13.3. The van der Waals surface area contributed by atoms with Gasteiger partial charge in [-0.05, 0) is 48.4 Å². The molecule has 4 rings (SSSR count). The summed E-state index contributed by atoms with van der Waals surface area (Å²) in [6.07, 6.45) is 2.68. The summed E-state index contributed by atoms with van der Waals surface area (Å²) in [7, 11) is 0. The van der Waals surface area contributed by atoms with Crippen molar-refractivity contribution in [1.82, 2.24) is 0 Å². The molecule has 0 saturated heterocycles. The van der Waals surface area contributed by atoms with Gasteiger partial charge in [0.25, 0.3) is 0 Å². The van der Waals surface area contributed by atoms with Crippen LogP contribution in [0.15, 0.2) is 54.3 Å². The van der Waals surface area contributed by atoms with E-state index in [9.17, 15) is 9.90 Å². The highest BCUT2D eigenvalue weighted by Crippen LogP contribution is 2.45. The van der Waals surface area contributed by atoms with Gasteiger partial charge >= 0.3 is 0 Å². The molecule has 0 heterocycles. The molecular weight excluding hydrogens is 284 g/mol. The SMILES string of the molecule is Cc1cc(-c2ccccc2)ccc1C1=C(O)[C@H]2CC[C@H](C2)C1=O. The van der Waals surface area contributed by atoms with Crippen molar-refractivity contribution in [2.45, 2.75) is 26.2 Å². The Kier molecular flexibility index (Phi) is 3.33. The highest BCUT2D eigenvalue weighted by Gasteiger charge is 2.41. The smallest absolute Gasteiger partial charge is 0.169 e. The van der Waals surface area contributed by atoms with E-state index in [1.807, 2.05) is 37.3 Å². The highest BCUT2D eigenvalue weighted by molar-refractivity contribution is 6.23. The number of hydrogen-bond acceptors (Lipinski definition) is 2. The summed E-state index contributed by atoms with van der Waals surface area (Å²) in [6.45, 7) is 2.02. The molecule has 2 atom stereocenters. The minimum absolute atomic E-state index is 0.110. The molecule has 2 bridgehead atoms. The van der Waals surface area contributed by atoms with Crippen LogP contribution in [-0.4, -0.2) is 10.9 Å². The molecule has 0 spiro atoms. The molecule has 0 aliphatic heterocycles. The van der Waals surface area contributed by atoms with Gasteiger partial charge in [0.2, 0.25) is 0 Å². The average molecular weight is 304 g/mol. The fourth-order valence-corrected chi connectivity index (χ4v) is 4.03. The Labute approximate surface area is 136 Å². The maximum Gasteiger partial charge on any atom is 0.169 e. The summed E-state index contributed by atoms with van der Waals surface area (Å²) in [5.74, 6) is 0.742. The molecule has 1 saturated carbocycles. The number of rotatable bonds is 2. The second-order valence-electron chi connectivity index (χ2n) is 6.73. The number of benzene rings is 2. The van der Waals surface area contributed by atoms with E-state index in [0.717, 1.165) is 41.5 Å². The summed E-state index contributed by atoms with van der Waals surface area (Å²) in [5.41, 5.74) is 4.81. The zero-order valence-corrected chi connectivity index (χ0v) is 13.3. The van der Waals surface area contributed by atoms with Gasteiger partial charge in [-0.3, -0.25) is 4.79 Å². The van der Waals surface area contributed by atoms with Crippen LogP contribution in [0.5, 0.6) is 0 Å². The number of Topliss-reactive ketones (excluding diaryl/α,β-unsaturated/α-hetero) is 1. The van der Waals surface area contributed by atoms with Crippen molar-refractivity contribution in [2.75, 3.05) is 0 Å². The van der Waals surface area contributed by atoms with Crippen molar-refractivity contribution in [3.63, 3.8) is 0 Å². The van der Waals surface area contributed by atoms with E-state index in [-0.39, 0.29) is 17.6 Å². The van der Waals surface area contributed by atoms with Gasteiger partial charge in [-0.25, -0.2) is 0 Å². The normalized spacial score (nSPS) is 23.4. The van der Waals surface area contributed by atoms with Crippen LogP contribution in [0, 0.1) is 18.8 Å². The average Bonchev–Trinajstić information content (AvgIpc) is 3.03. The van der Waals surface area contributed by atoms with Crippen molar-refractivity contribution >= 4 is 11.4 Å². The first-order valence-electron chi connectivity index (χ1n) is 8.29. The fraction of sp³-hybridized carbons (Fsp3) is 0.286. The lowest BCUT2D eigenvalue weighted by molar-refractivity contribution is -0.117. The number of fused-ring (bicyclic) bond motifs is 2. The maximum absolute atomic E-state index is 12.7. The van der Waals surface area contributed by atoms with Crippen LogP contribution in [0.2, 0.25) is 0 Å². The van der Waals surface area contributed by atoms with Crippen molar-refractivity contribution in [3.05, 3.63) is 65.4 Å². The van der Waals surface area contributed by atoms with Crippen molar-refractivity contribution in [2.24, 2.45) is 11.8 Å². The van der Waals surface area contributed by atoms with Crippen molar-refractivity contribution in [1.29, 1.82) is 0 Å². The molecule has 2 aliphatic carbocycles. The van der Waals surface area contributed by atoms with Crippen LogP contribution < -0.4 is 0 Å². The molecule has 2 heteroatoms. The second-order valence-corrected chi connectivity index (χ2v) is 6.73. The third kappa shape index (κ3) is 2.29. The quantitative estimate of drug-likeness (QED) is 0.854. The number of carbonyl (C=O) groups is 1. The summed E-state index contributed by atoms with van der Waals surface area (Å²) < 4.78 is 0. The molecule has 2 aromatic carbocycles. The molecule has 0 radical (unpaired) electrons. The van der Waals surface area contributed by atoms with Crippen LogP contribution in [0.25, 0.3) is 16.7 Å². The molecular formula is C21H20O2. The third-order valence-electron chi connectivity index (χ3n) is 5.30. The van der Waals surface area contributed by atoms with E-state index in [4.69, 9.17) is 0 Å². The Bertz CT molecular complexity index is 802. The molecule has 2 aliphatic rings. The Balaban J connectivity index is 1.79. The van der Waals surface area contributed by atoms with E-state index in [1.165, 1.54) is 0 Å². The first-order valence-corrected chi connectivity index (χ1v) is 8.29. The second kappa shape index (κ2) is 5.38. The molecule has 0 aromatic heterocycles. The minimum Gasteiger partial charge on any atom is -0.511 e. The van der Waals surface area contributed by atoms with Crippen LogP contribution in [0.3, 0.4) is 0 Å². The summed E-state index contributed by atoms with van der Waals surface area (Å²) in [6, 6.07) is 16.4. The number of aryl methyl sites for hydroxylation is 1. The van der Waals surface area contributed by atoms with Crippen LogP contribution in [0.1, 0.15) is 30.4 Å². The van der Waals surface area contributed by atoms with Gasteiger partial charge in [-0.15, -0.1) is 0 Å². The van der Waals surface area contributed by atoms with Gasteiger partial charge in [0, 0.05) is 11.8 Å². The zero-order chi connectivity index (χ0) is 16.0. The summed E-state index contributed by atoms with van der Waals surface area (Å²) >= 11 is 0. The van der Waals surface area contributed by atoms with Gasteiger partial charge < -0.3 is 5.11 Å². The number of carbonyl (C=O) groups excluding carboxylic acids is 1. The topological polar surface area (TPSA) is 37.3 Å². The molecule has 0 unspecified atom stereocenters. The molecule has 2 aromatic rings.